The Labute approximate surface area is 125 Å². The van der Waals surface area contributed by atoms with E-state index in [0.29, 0.717) is 5.41 Å². The summed E-state index contributed by atoms with van der Waals surface area (Å²) in [6.07, 6.45) is 15.1. The predicted molar refractivity (Wildman–Crippen MR) is 83.9 cm³/mol. The van der Waals surface area contributed by atoms with Crippen LogP contribution in [0.3, 0.4) is 0 Å². The summed E-state index contributed by atoms with van der Waals surface area (Å²) in [5, 5.41) is 3.76. The van der Waals surface area contributed by atoms with Crippen molar-refractivity contribution < 1.29 is 4.74 Å². The molecule has 20 heavy (non-hydrogen) atoms. The second-order valence-corrected chi connectivity index (χ2v) is 7.68. The number of ether oxygens (including phenoxy) is 1. The van der Waals surface area contributed by atoms with E-state index in [1.165, 1.54) is 70.6 Å². The summed E-state index contributed by atoms with van der Waals surface area (Å²) in [6, 6.07) is 0.719. The summed E-state index contributed by atoms with van der Waals surface area (Å²) < 4.78 is 6.25. The van der Waals surface area contributed by atoms with E-state index in [4.69, 9.17) is 4.74 Å². The van der Waals surface area contributed by atoms with Gasteiger partial charge in [0, 0.05) is 12.6 Å². The highest BCUT2D eigenvalue weighted by molar-refractivity contribution is 5.01. The molecular weight excluding hydrogens is 246 g/mol. The van der Waals surface area contributed by atoms with Gasteiger partial charge >= 0.3 is 0 Å². The van der Waals surface area contributed by atoms with Crippen molar-refractivity contribution >= 4 is 0 Å². The topological polar surface area (TPSA) is 21.3 Å². The average molecular weight is 279 g/mol. The standard InChI is InChI=1S/C18H33NO/c1-3-17(9-4-5-10-17)16(19-2)15-8-13-20-18(14-15)11-6-7-12-18/h15-16,19H,3-14H2,1-2H3. The summed E-state index contributed by atoms with van der Waals surface area (Å²) in [4.78, 5) is 0. The van der Waals surface area contributed by atoms with Crippen LogP contribution in [-0.2, 0) is 4.74 Å². The fourth-order valence-electron chi connectivity index (χ4n) is 5.72. The van der Waals surface area contributed by atoms with Gasteiger partial charge in [0.1, 0.15) is 0 Å². The predicted octanol–water partition coefficient (Wildman–Crippen LogP) is 4.28. The van der Waals surface area contributed by atoms with Gasteiger partial charge in [0.2, 0.25) is 0 Å². The maximum Gasteiger partial charge on any atom is 0.0685 e. The molecule has 1 heterocycles. The first-order valence-corrected chi connectivity index (χ1v) is 9.05. The van der Waals surface area contributed by atoms with E-state index in [1.54, 1.807) is 0 Å². The Morgan fingerprint density at radius 3 is 2.35 bits per heavy atom. The SMILES string of the molecule is CCC1(C(NC)C2CCOC3(CCCC3)C2)CCCC1. The lowest BCUT2D eigenvalue weighted by Crippen LogP contribution is -2.52. The van der Waals surface area contributed by atoms with Gasteiger partial charge in [0.15, 0.2) is 0 Å². The molecule has 3 rings (SSSR count). The van der Waals surface area contributed by atoms with Gasteiger partial charge in [-0.15, -0.1) is 0 Å². The van der Waals surface area contributed by atoms with Crippen LogP contribution in [0.1, 0.15) is 77.6 Å². The van der Waals surface area contributed by atoms with Crippen molar-refractivity contribution in [2.75, 3.05) is 13.7 Å². The van der Waals surface area contributed by atoms with Crippen molar-refractivity contribution in [2.45, 2.75) is 89.2 Å². The van der Waals surface area contributed by atoms with E-state index in [9.17, 15) is 0 Å². The van der Waals surface area contributed by atoms with Crippen LogP contribution in [0.2, 0.25) is 0 Å². The molecule has 0 amide bonds. The highest BCUT2D eigenvalue weighted by atomic mass is 16.5. The van der Waals surface area contributed by atoms with Crippen LogP contribution < -0.4 is 5.32 Å². The molecule has 2 saturated carbocycles. The van der Waals surface area contributed by atoms with Gasteiger partial charge in [-0.1, -0.05) is 32.6 Å². The second-order valence-electron chi connectivity index (χ2n) is 7.68. The molecule has 2 heteroatoms. The zero-order valence-electron chi connectivity index (χ0n) is 13.5. The van der Waals surface area contributed by atoms with Crippen LogP contribution in [0.25, 0.3) is 0 Å². The maximum absolute atomic E-state index is 6.25. The Hall–Kier alpha value is -0.0800. The van der Waals surface area contributed by atoms with Gasteiger partial charge in [-0.3, -0.25) is 0 Å². The van der Waals surface area contributed by atoms with E-state index >= 15 is 0 Å². The normalized spacial score (nSPS) is 33.6. The first kappa shape index (κ1) is 14.8. The minimum Gasteiger partial charge on any atom is -0.375 e. The molecule has 2 aliphatic carbocycles. The summed E-state index contributed by atoms with van der Waals surface area (Å²) in [6.45, 7) is 3.42. The van der Waals surface area contributed by atoms with Gasteiger partial charge in [0.25, 0.3) is 0 Å². The number of hydrogen-bond donors (Lipinski definition) is 1. The molecule has 2 unspecified atom stereocenters. The monoisotopic (exact) mass is 279 g/mol. The second kappa shape index (κ2) is 5.96. The molecule has 1 saturated heterocycles. The van der Waals surface area contributed by atoms with Crippen molar-refractivity contribution in [3.8, 4) is 0 Å². The smallest absolute Gasteiger partial charge is 0.0685 e. The van der Waals surface area contributed by atoms with Crippen LogP contribution >= 0.6 is 0 Å². The highest BCUT2D eigenvalue weighted by Crippen LogP contribution is 2.50. The molecule has 1 spiro atoms. The van der Waals surface area contributed by atoms with Crippen LogP contribution in [0.5, 0.6) is 0 Å². The van der Waals surface area contributed by atoms with Crippen molar-refractivity contribution in [2.24, 2.45) is 11.3 Å². The van der Waals surface area contributed by atoms with E-state index in [-0.39, 0.29) is 5.60 Å². The van der Waals surface area contributed by atoms with E-state index in [0.717, 1.165) is 18.6 Å². The summed E-state index contributed by atoms with van der Waals surface area (Å²) in [7, 11) is 2.21. The number of rotatable bonds is 4. The number of nitrogens with one attached hydrogen (secondary N) is 1. The third-order valence-electron chi connectivity index (χ3n) is 6.79. The Balaban J connectivity index is 1.75. The highest BCUT2D eigenvalue weighted by Gasteiger charge is 2.47. The first-order chi connectivity index (χ1) is 9.74. The Morgan fingerprint density at radius 2 is 1.75 bits per heavy atom. The zero-order valence-corrected chi connectivity index (χ0v) is 13.5. The van der Waals surface area contributed by atoms with Crippen molar-refractivity contribution in [1.82, 2.24) is 5.32 Å². The first-order valence-electron chi connectivity index (χ1n) is 9.05. The lowest BCUT2D eigenvalue weighted by Gasteiger charge is -2.47. The van der Waals surface area contributed by atoms with Crippen LogP contribution in [-0.4, -0.2) is 25.3 Å². The quantitative estimate of drug-likeness (QED) is 0.829. The minimum absolute atomic E-state index is 0.269. The van der Waals surface area contributed by atoms with Gasteiger partial charge in [-0.25, -0.2) is 0 Å². The van der Waals surface area contributed by atoms with Crippen molar-refractivity contribution in [1.29, 1.82) is 0 Å². The van der Waals surface area contributed by atoms with Crippen LogP contribution in [0, 0.1) is 11.3 Å². The van der Waals surface area contributed by atoms with Gasteiger partial charge in [-0.2, -0.15) is 0 Å². The zero-order chi connectivity index (χ0) is 14.1. The lowest BCUT2D eigenvalue weighted by atomic mass is 9.67. The van der Waals surface area contributed by atoms with Crippen LogP contribution in [0.15, 0.2) is 0 Å². The maximum atomic E-state index is 6.25. The third-order valence-corrected chi connectivity index (χ3v) is 6.79. The van der Waals surface area contributed by atoms with Gasteiger partial charge in [-0.05, 0) is 63.3 Å². The molecule has 0 aromatic carbocycles. The summed E-state index contributed by atoms with van der Waals surface area (Å²) >= 11 is 0. The average Bonchev–Trinajstić information content (AvgIpc) is 3.11. The summed E-state index contributed by atoms with van der Waals surface area (Å²) in [5.41, 5.74) is 0.849. The van der Waals surface area contributed by atoms with Gasteiger partial charge in [0.05, 0.1) is 5.60 Å². The molecule has 0 aromatic heterocycles. The molecule has 1 aliphatic heterocycles. The molecule has 0 bridgehead atoms. The molecule has 0 radical (unpaired) electrons. The Morgan fingerprint density at radius 1 is 1.10 bits per heavy atom. The molecule has 3 fully saturated rings. The number of hydrogen-bond acceptors (Lipinski definition) is 2. The Bertz CT molecular complexity index is 315. The Kier molecular flexibility index (Phi) is 4.42. The van der Waals surface area contributed by atoms with Crippen molar-refractivity contribution in [3.05, 3.63) is 0 Å². The summed E-state index contributed by atoms with van der Waals surface area (Å²) in [5.74, 6) is 0.838. The largest absolute Gasteiger partial charge is 0.375 e. The van der Waals surface area contributed by atoms with Gasteiger partial charge < -0.3 is 10.1 Å². The molecule has 116 valence electrons. The fraction of sp³-hybridized carbons (Fsp3) is 1.00. The third kappa shape index (κ3) is 2.54. The molecule has 0 aromatic rings. The molecule has 1 N–H and O–H groups in total. The molecular formula is C18H33NO. The lowest BCUT2D eigenvalue weighted by molar-refractivity contribution is -0.106. The molecule has 2 atom stereocenters. The van der Waals surface area contributed by atoms with E-state index in [1.807, 2.05) is 0 Å². The minimum atomic E-state index is 0.269. The van der Waals surface area contributed by atoms with E-state index in [2.05, 4.69) is 19.3 Å². The molecule has 3 aliphatic rings. The van der Waals surface area contributed by atoms with Crippen molar-refractivity contribution in [3.63, 3.8) is 0 Å². The molecule has 2 nitrogen and oxygen atoms in total. The van der Waals surface area contributed by atoms with Crippen LogP contribution in [0.4, 0.5) is 0 Å². The van der Waals surface area contributed by atoms with E-state index < -0.39 is 0 Å². The fourth-order valence-corrected chi connectivity index (χ4v) is 5.72.